The minimum atomic E-state index is -0.350. The maximum atomic E-state index is 12.2. The van der Waals surface area contributed by atoms with Crippen LogP contribution in [0.25, 0.3) is 0 Å². The lowest BCUT2D eigenvalue weighted by Crippen LogP contribution is -2.16. The van der Waals surface area contributed by atoms with Crippen LogP contribution in [0.3, 0.4) is 0 Å². The van der Waals surface area contributed by atoms with E-state index in [2.05, 4.69) is 27.4 Å². The van der Waals surface area contributed by atoms with Crippen LogP contribution in [0.1, 0.15) is 21.6 Å². The number of hydrogen-bond donors (Lipinski definition) is 2. The summed E-state index contributed by atoms with van der Waals surface area (Å²) in [5, 5.41) is 14.1. The maximum Gasteiger partial charge on any atom is 0.276 e. The fourth-order valence-electron chi connectivity index (χ4n) is 1.98. The topological polar surface area (TPSA) is 66.9 Å². The van der Waals surface area contributed by atoms with Crippen molar-refractivity contribution < 1.29 is 4.79 Å². The SMILES string of the molecule is C=CCNc1ccc(C(=O)Nc2c(C)cc(C)cc2Cl)nn1. The molecule has 0 spiro atoms. The van der Waals surface area contributed by atoms with Gasteiger partial charge < -0.3 is 10.6 Å². The highest BCUT2D eigenvalue weighted by molar-refractivity contribution is 6.34. The van der Waals surface area contributed by atoms with Crippen molar-refractivity contribution in [1.82, 2.24) is 10.2 Å². The molecule has 0 bridgehead atoms. The average Bonchev–Trinajstić information content (AvgIpc) is 2.49. The number of aromatic nitrogens is 2. The van der Waals surface area contributed by atoms with E-state index in [9.17, 15) is 4.79 Å². The Kier molecular flexibility index (Phi) is 5.12. The minimum absolute atomic E-state index is 0.222. The number of carbonyl (C=O) groups excluding carboxylic acids is 1. The Labute approximate surface area is 134 Å². The summed E-state index contributed by atoms with van der Waals surface area (Å²) < 4.78 is 0. The van der Waals surface area contributed by atoms with Crippen LogP contribution in [0.2, 0.25) is 5.02 Å². The number of amides is 1. The molecule has 2 N–H and O–H groups in total. The number of rotatable bonds is 5. The van der Waals surface area contributed by atoms with Gasteiger partial charge in [0.2, 0.25) is 0 Å². The largest absolute Gasteiger partial charge is 0.365 e. The van der Waals surface area contributed by atoms with E-state index < -0.39 is 0 Å². The van der Waals surface area contributed by atoms with Crippen molar-refractivity contribution in [2.45, 2.75) is 13.8 Å². The van der Waals surface area contributed by atoms with Crippen molar-refractivity contribution in [3.8, 4) is 0 Å². The molecule has 1 aromatic heterocycles. The van der Waals surface area contributed by atoms with Crippen molar-refractivity contribution in [3.05, 3.63) is 58.8 Å². The Morgan fingerprint density at radius 1 is 1.32 bits per heavy atom. The van der Waals surface area contributed by atoms with E-state index in [1.165, 1.54) is 0 Å². The average molecular weight is 317 g/mol. The molecule has 1 heterocycles. The first-order valence-corrected chi connectivity index (χ1v) is 7.15. The van der Waals surface area contributed by atoms with Gasteiger partial charge in [0.25, 0.3) is 5.91 Å². The normalized spacial score (nSPS) is 10.1. The number of nitrogens with one attached hydrogen (secondary N) is 2. The Bertz CT molecular complexity index is 675. The van der Waals surface area contributed by atoms with Crippen molar-refractivity contribution >= 4 is 29.0 Å². The summed E-state index contributed by atoms with van der Waals surface area (Å²) in [4.78, 5) is 12.2. The third-order valence-corrected chi connectivity index (χ3v) is 3.29. The van der Waals surface area contributed by atoms with Gasteiger partial charge in [0.15, 0.2) is 5.69 Å². The highest BCUT2D eigenvalue weighted by atomic mass is 35.5. The fraction of sp³-hybridized carbons (Fsp3) is 0.188. The van der Waals surface area contributed by atoms with E-state index in [1.807, 2.05) is 19.9 Å². The molecule has 2 rings (SSSR count). The maximum absolute atomic E-state index is 12.2. The van der Waals surface area contributed by atoms with Gasteiger partial charge in [0.05, 0.1) is 10.7 Å². The van der Waals surface area contributed by atoms with Crippen LogP contribution in [0, 0.1) is 13.8 Å². The molecule has 0 aliphatic carbocycles. The molecule has 1 amide bonds. The molecule has 0 saturated carbocycles. The molecule has 0 aliphatic heterocycles. The third kappa shape index (κ3) is 3.83. The predicted octanol–water partition coefficient (Wildman–Crippen LogP) is 3.60. The molecule has 1 aromatic carbocycles. The van der Waals surface area contributed by atoms with E-state index in [0.29, 0.717) is 23.1 Å². The highest BCUT2D eigenvalue weighted by Crippen LogP contribution is 2.27. The first-order chi connectivity index (χ1) is 10.5. The van der Waals surface area contributed by atoms with Gasteiger partial charge in [-0.25, -0.2) is 0 Å². The second-order valence-electron chi connectivity index (χ2n) is 4.87. The van der Waals surface area contributed by atoms with E-state index in [1.54, 1.807) is 24.3 Å². The van der Waals surface area contributed by atoms with Crippen molar-refractivity contribution in [2.75, 3.05) is 17.2 Å². The summed E-state index contributed by atoms with van der Waals surface area (Å²) in [5.41, 5.74) is 2.75. The molecule has 0 fully saturated rings. The summed E-state index contributed by atoms with van der Waals surface area (Å²) >= 11 is 6.18. The Balaban J connectivity index is 2.14. The zero-order valence-electron chi connectivity index (χ0n) is 12.5. The van der Waals surface area contributed by atoms with Gasteiger partial charge >= 0.3 is 0 Å². The summed E-state index contributed by atoms with van der Waals surface area (Å²) in [6, 6.07) is 7.05. The second-order valence-corrected chi connectivity index (χ2v) is 5.27. The lowest BCUT2D eigenvalue weighted by atomic mass is 10.1. The van der Waals surface area contributed by atoms with Crippen molar-refractivity contribution in [3.63, 3.8) is 0 Å². The molecule has 6 heteroatoms. The van der Waals surface area contributed by atoms with E-state index >= 15 is 0 Å². The number of hydrogen-bond acceptors (Lipinski definition) is 4. The smallest absolute Gasteiger partial charge is 0.276 e. The van der Waals surface area contributed by atoms with Crippen LogP contribution in [-0.4, -0.2) is 22.6 Å². The minimum Gasteiger partial charge on any atom is -0.365 e. The first kappa shape index (κ1) is 16.0. The molecule has 2 aromatic rings. The van der Waals surface area contributed by atoms with Crippen LogP contribution >= 0.6 is 11.6 Å². The summed E-state index contributed by atoms with van der Waals surface area (Å²) in [6.07, 6.45) is 1.71. The van der Waals surface area contributed by atoms with Gasteiger partial charge in [-0.15, -0.1) is 16.8 Å². The van der Waals surface area contributed by atoms with Gasteiger partial charge in [0, 0.05) is 6.54 Å². The van der Waals surface area contributed by atoms with Gasteiger partial charge in [0.1, 0.15) is 5.82 Å². The number of halogens is 1. The van der Waals surface area contributed by atoms with Gasteiger partial charge in [-0.1, -0.05) is 23.7 Å². The lowest BCUT2D eigenvalue weighted by molar-refractivity contribution is 0.102. The predicted molar refractivity (Wildman–Crippen MR) is 89.6 cm³/mol. The quantitative estimate of drug-likeness (QED) is 0.827. The van der Waals surface area contributed by atoms with Gasteiger partial charge in [-0.3, -0.25) is 4.79 Å². The van der Waals surface area contributed by atoms with Gasteiger partial charge in [-0.2, -0.15) is 0 Å². The summed E-state index contributed by atoms with van der Waals surface area (Å²) in [5.74, 6) is 0.234. The molecule has 0 atom stereocenters. The molecule has 0 aliphatic rings. The molecule has 22 heavy (non-hydrogen) atoms. The van der Waals surface area contributed by atoms with E-state index in [-0.39, 0.29) is 11.6 Å². The molecule has 0 saturated heterocycles. The molecule has 0 unspecified atom stereocenters. The van der Waals surface area contributed by atoms with Crippen molar-refractivity contribution in [1.29, 1.82) is 0 Å². The number of carbonyl (C=O) groups is 1. The molecule has 0 radical (unpaired) electrons. The number of anilines is 2. The molecule has 114 valence electrons. The number of nitrogens with zero attached hydrogens (tertiary/aromatic N) is 2. The monoisotopic (exact) mass is 316 g/mol. The lowest BCUT2D eigenvalue weighted by Gasteiger charge is -2.11. The first-order valence-electron chi connectivity index (χ1n) is 6.78. The van der Waals surface area contributed by atoms with Crippen LogP contribution in [0.15, 0.2) is 36.9 Å². The summed E-state index contributed by atoms with van der Waals surface area (Å²) in [7, 11) is 0. The Morgan fingerprint density at radius 2 is 2.09 bits per heavy atom. The Morgan fingerprint density at radius 3 is 2.68 bits per heavy atom. The van der Waals surface area contributed by atoms with E-state index in [0.717, 1.165) is 11.1 Å². The van der Waals surface area contributed by atoms with Crippen LogP contribution in [-0.2, 0) is 0 Å². The third-order valence-electron chi connectivity index (χ3n) is 2.99. The Hall–Kier alpha value is -2.40. The molecular formula is C16H17ClN4O. The zero-order valence-corrected chi connectivity index (χ0v) is 13.2. The van der Waals surface area contributed by atoms with Crippen LogP contribution < -0.4 is 10.6 Å². The van der Waals surface area contributed by atoms with Crippen LogP contribution in [0.5, 0.6) is 0 Å². The highest BCUT2D eigenvalue weighted by Gasteiger charge is 2.13. The van der Waals surface area contributed by atoms with Crippen molar-refractivity contribution in [2.24, 2.45) is 0 Å². The fourth-order valence-corrected chi connectivity index (χ4v) is 2.34. The zero-order chi connectivity index (χ0) is 16.1. The van der Waals surface area contributed by atoms with Gasteiger partial charge in [-0.05, 0) is 43.2 Å². The molecule has 5 nitrogen and oxygen atoms in total. The van der Waals surface area contributed by atoms with Crippen LogP contribution in [0.4, 0.5) is 11.5 Å². The number of benzene rings is 1. The second kappa shape index (κ2) is 7.04. The van der Waals surface area contributed by atoms with E-state index in [4.69, 9.17) is 11.6 Å². The molecular weight excluding hydrogens is 300 g/mol. The standard InChI is InChI=1S/C16H17ClN4O/c1-4-7-18-14-6-5-13(20-21-14)16(22)19-15-11(3)8-10(2)9-12(15)17/h4-6,8-9H,1,7H2,2-3H3,(H,18,21)(H,19,22). The summed E-state index contributed by atoms with van der Waals surface area (Å²) in [6.45, 7) is 8.03. The number of aryl methyl sites for hydroxylation is 2.